The Bertz CT molecular complexity index is 1430. The Labute approximate surface area is 551 Å². The predicted octanol–water partition coefficient (Wildman–Crippen LogP) is 26.6. The maximum absolute atomic E-state index is 12.6. The van der Waals surface area contributed by atoms with Crippen molar-refractivity contribution in [2.45, 2.75) is 463 Å². The van der Waals surface area contributed by atoms with E-state index in [9.17, 15) is 19.8 Å². The predicted molar refractivity (Wildman–Crippen MR) is 389 cm³/mol. The maximum atomic E-state index is 12.6. The molecule has 0 aliphatic rings. The highest BCUT2D eigenvalue weighted by Crippen LogP contribution is 2.20. The average molecular weight is 1240 g/mol. The van der Waals surface area contributed by atoms with Gasteiger partial charge in [0.05, 0.1) is 25.4 Å². The lowest BCUT2D eigenvalue weighted by Gasteiger charge is -2.20. The summed E-state index contributed by atoms with van der Waals surface area (Å²) in [6.45, 7) is 4.95. The Morgan fingerprint density at radius 3 is 0.807 bits per heavy atom. The van der Waals surface area contributed by atoms with E-state index in [1.54, 1.807) is 6.08 Å². The molecule has 0 rings (SSSR count). The van der Waals surface area contributed by atoms with Crippen molar-refractivity contribution in [3.8, 4) is 0 Å². The number of aliphatic hydroxyl groups excluding tert-OH is 2. The van der Waals surface area contributed by atoms with Crippen molar-refractivity contribution in [2.75, 3.05) is 13.2 Å². The summed E-state index contributed by atoms with van der Waals surface area (Å²) in [5, 5.41) is 23.3. The smallest absolute Gasteiger partial charge is 0.305 e. The molecule has 1 amide bonds. The lowest BCUT2D eigenvalue weighted by atomic mass is 10.0. The number of nitrogens with one attached hydrogen (secondary N) is 1. The van der Waals surface area contributed by atoms with Crippen molar-refractivity contribution < 1.29 is 24.5 Å². The number of hydrogen-bond donors (Lipinski definition) is 3. The molecule has 2 unspecified atom stereocenters. The molecule has 0 saturated heterocycles. The molecule has 6 heteroatoms. The van der Waals surface area contributed by atoms with Gasteiger partial charge >= 0.3 is 5.97 Å². The van der Waals surface area contributed by atoms with Gasteiger partial charge in [-0.15, -0.1) is 0 Å². The number of ether oxygens (including phenoxy) is 1. The summed E-state index contributed by atoms with van der Waals surface area (Å²) >= 11 is 0. The van der Waals surface area contributed by atoms with Gasteiger partial charge in [-0.3, -0.25) is 9.59 Å². The Morgan fingerprint density at radius 1 is 0.307 bits per heavy atom. The molecule has 0 bridgehead atoms. The molecule has 0 spiro atoms. The van der Waals surface area contributed by atoms with Crippen LogP contribution in [0.1, 0.15) is 450 Å². The third-order valence-corrected chi connectivity index (χ3v) is 18.9. The Balaban J connectivity index is 3.39. The molecule has 520 valence electrons. The van der Waals surface area contributed by atoms with E-state index < -0.39 is 12.1 Å². The first-order valence-electron chi connectivity index (χ1n) is 40.3. The topological polar surface area (TPSA) is 95.9 Å². The van der Waals surface area contributed by atoms with Crippen molar-refractivity contribution in [1.29, 1.82) is 0 Å². The molecule has 88 heavy (non-hydrogen) atoms. The number of rotatable bonds is 76. The first kappa shape index (κ1) is 86.1. The highest BCUT2D eigenvalue weighted by atomic mass is 16.5. The van der Waals surface area contributed by atoms with Crippen LogP contribution in [-0.2, 0) is 14.3 Å². The molecule has 3 N–H and O–H groups in total. The van der Waals surface area contributed by atoms with Crippen LogP contribution in [0, 0.1) is 0 Å². The quantitative estimate of drug-likeness (QED) is 0.0320. The summed E-state index contributed by atoms with van der Waals surface area (Å²) in [5.41, 5.74) is 0. The number of hydrogen-bond acceptors (Lipinski definition) is 5. The molecule has 0 radical (unpaired) electrons. The minimum absolute atomic E-state index is 0.0137. The van der Waals surface area contributed by atoms with Gasteiger partial charge in [-0.1, -0.05) is 391 Å². The number of aliphatic hydroxyl groups is 2. The van der Waals surface area contributed by atoms with Crippen molar-refractivity contribution in [3.05, 3.63) is 36.5 Å². The van der Waals surface area contributed by atoms with Crippen LogP contribution in [0.3, 0.4) is 0 Å². The zero-order valence-corrected chi connectivity index (χ0v) is 59.7. The molecule has 6 nitrogen and oxygen atoms in total. The normalized spacial score (nSPS) is 12.6. The molecule has 0 aromatic heterocycles. The SMILES string of the molecule is CCCCCCCC/C=C\CCCCCCCCCC(=O)OCCCCCCCCCCCCCC/C=C\CCCCCCCCCCCCCCCC(=O)NC(CO)C(O)/C=C/CCCCCCCCCCCCCCCCCCCCCCCCC. The molecule has 0 saturated carbocycles. The zero-order valence-electron chi connectivity index (χ0n) is 59.7. The first-order chi connectivity index (χ1) is 43.5. The Kier molecular flexibility index (Phi) is 75.8. The largest absolute Gasteiger partial charge is 0.466 e. The third kappa shape index (κ3) is 73.1. The van der Waals surface area contributed by atoms with Gasteiger partial charge in [-0.25, -0.2) is 0 Å². The van der Waals surface area contributed by atoms with Crippen LogP contribution in [0.4, 0.5) is 0 Å². The number of allylic oxidation sites excluding steroid dienone is 5. The highest BCUT2D eigenvalue weighted by molar-refractivity contribution is 5.76. The fourth-order valence-corrected chi connectivity index (χ4v) is 12.7. The van der Waals surface area contributed by atoms with Crippen LogP contribution in [0.25, 0.3) is 0 Å². The third-order valence-electron chi connectivity index (χ3n) is 18.9. The standard InChI is InChI=1S/C82H157NO5/c1-3-5-7-9-11-13-15-17-19-21-22-23-24-30-33-36-39-43-46-50-54-58-62-66-70-74-80(85)79(78-84)83-81(86)75-71-67-63-59-55-51-47-44-40-37-34-31-28-26-25-27-29-32-35-38-41-45-49-53-57-61-65-69-73-77-88-82(87)76-72-68-64-60-56-52-48-42-20-18-16-14-12-10-8-6-4-2/h18,20,25,27,70,74,79-80,84-85H,3-17,19,21-24,26,28-69,71-73,75-78H2,1-2H3,(H,83,86)/b20-18-,27-25-,74-70+. The molecule has 0 aliphatic carbocycles. The summed E-state index contributed by atoms with van der Waals surface area (Å²) in [6, 6.07) is -0.629. The van der Waals surface area contributed by atoms with E-state index in [1.807, 2.05) is 6.08 Å². The van der Waals surface area contributed by atoms with Gasteiger partial charge in [0.2, 0.25) is 5.91 Å². The van der Waals surface area contributed by atoms with Crippen LogP contribution in [0.15, 0.2) is 36.5 Å². The second kappa shape index (κ2) is 77.5. The number of esters is 1. The highest BCUT2D eigenvalue weighted by Gasteiger charge is 2.18. The molecule has 2 atom stereocenters. The number of carbonyl (C=O) groups is 2. The summed E-state index contributed by atoms with van der Waals surface area (Å²) in [4.78, 5) is 24.7. The van der Waals surface area contributed by atoms with Crippen molar-refractivity contribution in [2.24, 2.45) is 0 Å². The second-order valence-electron chi connectivity index (χ2n) is 27.7. The van der Waals surface area contributed by atoms with Gasteiger partial charge in [0, 0.05) is 12.8 Å². The monoisotopic (exact) mass is 1240 g/mol. The number of carbonyl (C=O) groups excluding carboxylic acids is 2. The molecule has 0 aromatic carbocycles. The summed E-state index contributed by atoms with van der Waals surface area (Å²) in [6.07, 6.45) is 101. The average Bonchev–Trinajstić information content (AvgIpc) is 3.58. The van der Waals surface area contributed by atoms with E-state index in [1.165, 1.54) is 379 Å². The lowest BCUT2D eigenvalue weighted by molar-refractivity contribution is -0.143. The Hall–Kier alpha value is -1.92. The van der Waals surface area contributed by atoms with Crippen LogP contribution in [0.5, 0.6) is 0 Å². The van der Waals surface area contributed by atoms with E-state index in [0.29, 0.717) is 19.4 Å². The second-order valence-corrected chi connectivity index (χ2v) is 27.7. The Morgan fingerprint density at radius 2 is 0.534 bits per heavy atom. The fraction of sp³-hybridized carbons (Fsp3) is 0.902. The molecule has 0 fully saturated rings. The summed E-state index contributed by atoms with van der Waals surface area (Å²) < 4.78 is 5.51. The minimum atomic E-state index is -0.846. The van der Waals surface area contributed by atoms with E-state index in [0.717, 1.165) is 44.9 Å². The van der Waals surface area contributed by atoms with E-state index in [-0.39, 0.29) is 18.5 Å². The van der Waals surface area contributed by atoms with Crippen LogP contribution in [0.2, 0.25) is 0 Å². The minimum Gasteiger partial charge on any atom is -0.466 e. The van der Waals surface area contributed by atoms with Gasteiger partial charge in [-0.2, -0.15) is 0 Å². The van der Waals surface area contributed by atoms with E-state index in [2.05, 4.69) is 43.5 Å². The summed E-state index contributed by atoms with van der Waals surface area (Å²) in [7, 11) is 0. The van der Waals surface area contributed by atoms with E-state index in [4.69, 9.17) is 4.74 Å². The molecular weight excluding hydrogens is 1080 g/mol. The molecular formula is C82H157NO5. The van der Waals surface area contributed by atoms with E-state index >= 15 is 0 Å². The van der Waals surface area contributed by atoms with Gasteiger partial charge in [0.25, 0.3) is 0 Å². The van der Waals surface area contributed by atoms with Crippen LogP contribution < -0.4 is 5.32 Å². The van der Waals surface area contributed by atoms with Crippen LogP contribution >= 0.6 is 0 Å². The first-order valence-corrected chi connectivity index (χ1v) is 40.3. The van der Waals surface area contributed by atoms with Crippen LogP contribution in [-0.4, -0.2) is 47.4 Å². The lowest BCUT2D eigenvalue weighted by Crippen LogP contribution is -2.45. The van der Waals surface area contributed by atoms with Crippen molar-refractivity contribution in [1.82, 2.24) is 5.32 Å². The number of unbranched alkanes of at least 4 members (excludes halogenated alkanes) is 61. The maximum Gasteiger partial charge on any atom is 0.305 e. The van der Waals surface area contributed by atoms with Crippen molar-refractivity contribution in [3.63, 3.8) is 0 Å². The van der Waals surface area contributed by atoms with Crippen molar-refractivity contribution >= 4 is 11.9 Å². The van der Waals surface area contributed by atoms with Gasteiger partial charge < -0.3 is 20.3 Å². The fourth-order valence-electron chi connectivity index (χ4n) is 12.7. The van der Waals surface area contributed by atoms with Gasteiger partial charge in [0.1, 0.15) is 0 Å². The summed E-state index contributed by atoms with van der Waals surface area (Å²) in [5.74, 6) is -0.0484. The molecule has 0 aliphatic heterocycles. The molecule has 0 heterocycles. The number of amides is 1. The molecule has 0 aromatic rings. The van der Waals surface area contributed by atoms with Gasteiger partial charge in [-0.05, 0) is 83.5 Å². The zero-order chi connectivity index (χ0) is 63.5. The van der Waals surface area contributed by atoms with Gasteiger partial charge in [0.15, 0.2) is 0 Å².